The first-order valence-electron chi connectivity index (χ1n) is 12.8. The summed E-state index contributed by atoms with van der Waals surface area (Å²) in [7, 11) is -4.15. The second kappa shape index (κ2) is 14.1. The van der Waals surface area contributed by atoms with E-state index in [0.29, 0.717) is 23.6 Å². The Morgan fingerprint density at radius 1 is 0.949 bits per heavy atom. The summed E-state index contributed by atoms with van der Waals surface area (Å²) >= 11 is 6.04. The van der Waals surface area contributed by atoms with Crippen molar-refractivity contribution in [3.63, 3.8) is 0 Å². The fraction of sp³-hybridized carbons (Fsp3) is 0.310. The maximum absolute atomic E-state index is 13.9. The molecular weight excluding hydrogens is 541 g/mol. The third-order valence-corrected chi connectivity index (χ3v) is 8.25. The van der Waals surface area contributed by atoms with E-state index in [1.165, 1.54) is 53.4 Å². The Morgan fingerprint density at radius 2 is 1.59 bits per heavy atom. The van der Waals surface area contributed by atoms with E-state index < -0.39 is 34.3 Å². The minimum absolute atomic E-state index is 0.00133. The lowest BCUT2D eigenvalue weighted by molar-refractivity contribution is -0.140. The molecule has 0 saturated heterocycles. The number of halogens is 2. The first-order chi connectivity index (χ1) is 18.7. The number of nitrogens with one attached hydrogen (secondary N) is 1. The highest BCUT2D eigenvalue weighted by Crippen LogP contribution is 2.26. The fourth-order valence-electron chi connectivity index (χ4n) is 4.07. The molecule has 0 bridgehead atoms. The van der Waals surface area contributed by atoms with Crippen molar-refractivity contribution in [2.24, 2.45) is 0 Å². The molecule has 0 heterocycles. The molecule has 2 amide bonds. The average molecular weight is 574 g/mol. The van der Waals surface area contributed by atoms with Crippen LogP contribution in [0.5, 0.6) is 0 Å². The molecule has 3 aromatic rings. The fourth-order valence-corrected chi connectivity index (χ4v) is 5.63. The van der Waals surface area contributed by atoms with Crippen molar-refractivity contribution < 1.29 is 22.4 Å². The third-order valence-electron chi connectivity index (χ3n) is 6.21. The largest absolute Gasteiger partial charge is 0.354 e. The molecule has 208 valence electrons. The quantitative estimate of drug-likeness (QED) is 0.277. The predicted octanol–water partition coefficient (Wildman–Crippen LogP) is 5.40. The van der Waals surface area contributed by atoms with E-state index in [9.17, 15) is 22.4 Å². The van der Waals surface area contributed by atoms with Crippen LogP contribution >= 0.6 is 11.6 Å². The van der Waals surface area contributed by atoms with Gasteiger partial charge in [0.15, 0.2) is 0 Å². The highest BCUT2D eigenvalue weighted by molar-refractivity contribution is 7.92. The molecule has 0 fully saturated rings. The molecule has 0 aliphatic heterocycles. The first kappa shape index (κ1) is 30.1. The van der Waals surface area contributed by atoms with E-state index >= 15 is 0 Å². The van der Waals surface area contributed by atoms with Gasteiger partial charge in [0, 0.05) is 18.1 Å². The molecule has 0 spiro atoms. The summed E-state index contributed by atoms with van der Waals surface area (Å²) in [6.45, 7) is 3.69. The standard InChI is InChI=1S/C29H33ClFN3O4S/c1-3-5-19-32-29(36)27(4-2)33(20-22-11-15-24(31)16-12-22)28(35)21-34(25-17-13-23(30)14-18-25)39(37,38)26-9-7-6-8-10-26/h6-18,27H,3-5,19-21H2,1-2H3,(H,32,36). The van der Waals surface area contributed by atoms with Gasteiger partial charge in [0.2, 0.25) is 11.8 Å². The number of carbonyl (C=O) groups excluding carboxylic acids is 2. The number of rotatable bonds is 13. The number of sulfonamides is 1. The van der Waals surface area contributed by atoms with E-state index in [0.717, 1.165) is 17.1 Å². The van der Waals surface area contributed by atoms with Gasteiger partial charge in [-0.05, 0) is 66.9 Å². The van der Waals surface area contributed by atoms with E-state index in [-0.39, 0.29) is 23.0 Å². The van der Waals surface area contributed by atoms with E-state index in [1.807, 2.05) is 6.92 Å². The second-order valence-corrected chi connectivity index (χ2v) is 11.3. The summed E-state index contributed by atoms with van der Waals surface area (Å²) < 4.78 is 42.0. The van der Waals surface area contributed by atoms with Gasteiger partial charge in [0.25, 0.3) is 10.0 Å². The minimum atomic E-state index is -4.15. The zero-order chi connectivity index (χ0) is 28.4. The Balaban J connectivity index is 2.01. The highest BCUT2D eigenvalue weighted by atomic mass is 35.5. The first-order valence-corrected chi connectivity index (χ1v) is 14.6. The van der Waals surface area contributed by atoms with Gasteiger partial charge in [-0.1, -0.05) is 62.2 Å². The maximum Gasteiger partial charge on any atom is 0.264 e. The van der Waals surface area contributed by atoms with Crippen LogP contribution in [-0.4, -0.2) is 44.3 Å². The zero-order valence-electron chi connectivity index (χ0n) is 22.0. The van der Waals surface area contributed by atoms with Crippen molar-refractivity contribution >= 4 is 39.1 Å². The summed E-state index contributed by atoms with van der Waals surface area (Å²) in [5, 5.41) is 3.28. The van der Waals surface area contributed by atoms with Gasteiger partial charge in [-0.2, -0.15) is 0 Å². The molecule has 10 heteroatoms. The van der Waals surface area contributed by atoms with E-state index in [2.05, 4.69) is 5.32 Å². The van der Waals surface area contributed by atoms with Gasteiger partial charge < -0.3 is 10.2 Å². The molecule has 1 atom stereocenters. The average Bonchev–Trinajstić information content (AvgIpc) is 2.93. The van der Waals surface area contributed by atoms with Gasteiger partial charge in [0.05, 0.1) is 10.6 Å². The molecule has 0 aliphatic rings. The number of nitrogens with zero attached hydrogens (tertiary/aromatic N) is 2. The van der Waals surface area contributed by atoms with Gasteiger partial charge in [0.1, 0.15) is 18.4 Å². The summed E-state index contributed by atoms with van der Waals surface area (Å²) in [5.41, 5.74) is 0.854. The molecule has 1 unspecified atom stereocenters. The molecule has 39 heavy (non-hydrogen) atoms. The van der Waals surface area contributed by atoms with Crippen molar-refractivity contribution in [1.82, 2.24) is 10.2 Å². The van der Waals surface area contributed by atoms with Crippen molar-refractivity contribution in [2.45, 2.75) is 50.6 Å². The number of hydrogen-bond acceptors (Lipinski definition) is 4. The third kappa shape index (κ3) is 8.03. The molecule has 0 aromatic heterocycles. The number of anilines is 1. The molecule has 3 rings (SSSR count). The van der Waals surface area contributed by atoms with Crippen LogP contribution in [0.1, 0.15) is 38.7 Å². The normalized spacial score (nSPS) is 12.0. The molecule has 0 saturated carbocycles. The Hall–Kier alpha value is -3.43. The second-order valence-electron chi connectivity index (χ2n) is 9.02. The van der Waals surface area contributed by atoms with Crippen LogP contribution in [0, 0.1) is 5.82 Å². The molecule has 0 radical (unpaired) electrons. The SMILES string of the molecule is CCCCNC(=O)C(CC)N(Cc1ccc(F)cc1)C(=O)CN(c1ccc(Cl)cc1)S(=O)(=O)c1ccccc1. The maximum atomic E-state index is 13.9. The van der Waals surface area contributed by atoms with E-state index in [4.69, 9.17) is 11.6 Å². The number of benzene rings is 3. The predicted molar refractivity (Wildman–Crippen MR) is 151 cm³/mol. The van der Waals surface area contributed by atoms with Crippen LogP contribution in [-0.2, 0) is 26.2 Å². The number of amides is 2. The van der Waals surface area contributed by atoms with Crippen molar-refractivity contribution in [3.8, 4) is 0 Å². The minimum Gasteiger partial charge on any atom is -0.354 e. The monoisotopic (exact) mass is 573 g/mol. The van der Waals surface area contributed by atoms with Crippen LogP contribution < -0.4 is 9.62 Å². The van der Waals surface area contributed by atoms with Crippen LogP contribution in [0.4, 0.5) is 10.1 Å². The Morgan fingerprint density at radius 3 is 2.18 bits per heavy atom. The molecular formula is C29H33ClFN3O4S. The van der Waals surface area contributed by atoms with Gasteiger partial charge >= 0.3 is 0 Å². The Bertz CT molecular complexity index is 1340. The van der Waals surface area contributed by atoms with Crippen molar-refractivity contribution in [1.29, 1.82) is 0 Å². The number of carbonyl (C=O) groups is 2. The smallest absolute Gasteiger partial charge is 0.264 e. The zero-order valence-corrected chi connectivity index (χ0v) is 23.6. The van der Waals surface area contributed by atoms with Crippen LogP contribution in [0.15, 0.2) is 83.8 Å². The van der Waals surface area contributed by atoms with E-state index in [1.54, 1.807) is 37.3 Å². The lowest BCUT2D eigenvalue weighted by Gasteiger charge is -2.33. The van der Waals surface area contributed by atoms with Crippen LogP contribution in [0.25, 0.3) is 0 Å². The number of hydrogen-bond donors (Lipinski definition) is 1. The molecule has 0 aliphatic carbocycles. The molecule has 3 aromatic carbocycles. The number of unbranched alkanes of at least 4 members (excludes halogenated alkanes) is 1. The van der Waals surface area contributed by atoms with Gasteiger partial charge in [-0.25, -0.2) is 12.8 Å². The molecule has 7 nitrogen and oxygen atoms in total. The lowest BCUT2D eigenvalue weighted by atomic mass is 10.1. The topological polar surface area (TPSA) is 86.8 Å². The van der Waals surface area contributed by atoms with Crippen molar-refractivity contribution in [2.75, 3.05) is 17.4 Å². The van der Waals surface area contributed by atoms with Gasteiger partial charge in [-0.3, -0.25) is 13.9 Å². The van der Waals surface area contributed by atoms with Crippen molar-refractivity contribution in [3.05, 3.63) is 95.3 Å². The summed E-state index contributed by atoms with van der Waals surface area (Å²) in [6, 6.07) is 18.7. The molecule has 1 N–H and O–H groups in total. The Labute approximate surface area is 234 Å². The summed E-state index contributed by atoms with van der Waals surface area (Å²) in [4.78, 5) is 28.4. The summed E-state index contributed by atoms with van der Waals surface area (Å²) in [5.74, 6) is -1.33. The Kier molecular flexibility index (Phi) is 10.9. The van der Waals surface area contributed by atoms with Crippen LogP contribution in [0.3, 0.4) is 0 Å². The van der Waals surface area contributed by atoms with Crippen LogP contribution in [0.2, 0.25) is 5.02 Å². The lowest BCUT2D eigenvalue weighted by Crippen LogP contribution is -2.52. The summed E-state index contributed by atoms with van der Waals surface area (Å²) in [6.07, 6.45) is 1.98. The van der Waals surface area contributed by atoms with Gasteiger partial charge in [-0.15, -0.1) is 0 Å². The highest BCUT2D eigenvalue weighted by Gasteiger charge is 2.33.